The number of hydrogen-bond donors (Lipinski definition) is 1. The van der Waals surface area contributed by atoms with Crippen LogP contribution in [0.4, 0.5) is 0 Å². The molecule has 0 bridgehead atoms. The fourth-order valence-corrected chi connectivity index (χ4v) is 3.12. The number of benzene rings is 1. The third kappa shape index (κ3) is 3.77. The van der Waals surface area contributed by atoms with Crippen LogP contribution in [0.2, 0.25) is 0 Å². The van der Waals surface area contributed by atoms with Crippen LogP contribution in [0, 0.1) is 5.92 Å². The fraction of sp³-hybridized carbons (Fsp3) is 0.389. The molecule has 1 unspecified atom stereocenters. The minimum Gasteiger partial charge on any atom is -0.497 e. The van der Waals surface area contributed by atoms with Gasteiger partial charge in [0.2, 0.25) is 5.56 Å². The zero-order chi connectivity index (χ0) is 15.4. The van der Waals surface area contributed by atoms with Crippen LogP contribution in [0.5, 0.6) is 5.75 Å². The van der Waals surface area contributed by atoms with Crippen molar-refractivity contribution in [2.24, 2.45) is 5.92 Å². The highest BCUT2D eigenvalue weighted by atomic mass is 16.5. The Balaban J connectivity index is 1.53. The lowest BCUT2D eigenvalue weighted by molar-refractivity contribution is 0.316. The van der Waals surface area contributed by atoms with Crippen LogP contribution in [0.15, 0.2) is 47.4 Å². The second-order valence-corrected chi connectivity index (χ2v) is 6.00. The lowest BCUT2D eigenvalue weighted by atomic mass is 9.99. The molecule has 1 N–H and O–H groups in total. The highest BCUT2D eigenvalue weighted by molar-refractivity contribution is 5.27. The van der Waals surface area contributed by atoms with E-state index in [1.165, 1.54) is 17.5 Å². The summed E-state index contributed by atoms with van der Waals surface area (Å²) in [4.78, 5) is 16.3. The van der Waals surface area contributed by atoms with E-state index in [0.29, 0.717) is 5.92 Å². The number of aromatic nitrogens is 1. The molecule has 0 amide bonds. The summed E-state index contributed by atoms with van der Waals surface area (Å²) in [6, 6.07) is 11.9. The van der Waals surface area contributed by atoms with E-state index in [0.717, 1.165) is 31.8 Å². The van der Waals surface area contributed by atoms with Crippen molar-refractivity contribution in [2.45, 2.75) is 19.4 Å². The molecule has 1 saturated heterocycles. The molecule has 0 aliphatic carbocycles. The van der Waals surface area contributed by atoms with Crippen molar-refractivity contribution in [2.75, 3.05) is 20.2 Å². The SMILES string of the molecule is COc1ccc(CC2CCN(Cc3ccc(=O)[nH]c3)C2)cc1. The van der Waals surface area contributed by atoms with Gasteiger partial charge in [-0.15, -0.1) is 0 Å². The van der Waals surface area contributed by atoms with Gasteiger partial charge >= 0.3 is 0 Å². The monoisotopic (exact) mass is 298 g/mol. The maximum atomic E-state index is 11.1. The average molecular weight is 298 g/mol. The largest absolute Gasteiger partial charge is 0.497 e. The number of methoxy groups -OCH3 is 1. The molecule has 1 atom stereocenters. The standard InChI is InChI=1S/C18H22N2O2/c1-22-17-5-2-14(3-6-17)10-15-8-9-20(12-15)13-16-4-7-18(21)19-11-16/h2-7,11,15H,8-10,12-13H2,1H3,(H,19,21). The van der Waals surface area contributed by atoms with Crippen molar-refractivity contribution in [3.8, 4) is 5.75 Å². The summed E-state index contributed by atoms with van der Waals surface area (Å²) in [5.74, 6) is 1.62. The summed E-state index contributed by atoms with van der Waals surface area (Å²) in [5, 5.41) is 0. The van der Waals surface area contributed by atoms with Gasteiger partial charge in [-0.2, -0.15) is 0 Å². The molecule has 1 aliphatic heterocycles. The molecule has 116 valence electrons. The molecule has 0 radical (unpaired) electrons. The third-order valence-electron chi connectivity index (χ3n) is 4.31. The molecule has 4 heteroatoms. The van der Waals surface area contributed by atoms with Crippen LogP contribution in [-0.4, -0.2) is 30.1 Å². The maximum Gasteiger partial charge on any atom is 0.247 e. The van der Waals surface area contributed by atoms with E-state index < -0.39 is 0 Å². The molecule has 1 fully saturated rings. The van der Waals surface area contributed by atoms with Crippen LogP contribution in [-0.2, 0) is 13.0 Å². The Morgan fingerprint density at radius 2 is 1.95 bits per heavy atom. The summed E-state index contributed by atoms with van der Waals surface area (Å²) in [6.45, 7) is 3.15. The minimum atomic E-state index is -0.0393. The molecule has 22 heavy (non-hydrogen) atoms. The van der Waals surface area contributed by atoms with Gasteiger partial charge in [0, 0.05) is 25.4 Å². The zero-order valence-corrected chi connectivity index (χ0v) is 12.9. The summed E-state index contributed by atoms with van der Waals surface area (Å²) >= 11 is 0. The van der Waals surface area contributed by atoms with E-state index in [-0.39, 0.29) is 5.56 Å². The highest BCUT2D eigenvalue weighted by Crippen LogP contribution is 2.23. The van der Waals surface area contributed by atoms with Crippen molar-refractivity contribution in [3.05, 3.63) is 64.1 Å². The Morgan fingerprint density at radius 3 is 2.64 bits per heavy atom. The summed E-state index contributed by atoms with van der Waals surface area (Å²) in [6.07, 6.45) is 4.17. The number of aromatic amines is 1. The second-order valence-electron chi connectivity index (χ2n) is 6.00. The highest BCUT2D eigenvalue weighted by Gasteiger charge is 2.22. The van der Waals surface area contributed by atoms with Crippen LogP contribution in [0.1, 0.15) is 17.5 Å². The zero-order valence-electron chi connectivity index (χ0n) is 12.9. The Hall–Kier alpha value is -2.07. The predicted octanol–water partition coefficient (Wildman–Crippen LogP) is 2.45. The second kappa shape index (κ2) is 6.79. The van der Waals surface area contributed by atoms with Crippen molar-refractivity contribution in [1.29, 1.82) is 0 Å². The first-order valence-corrected chi connectivity index (χ1v) is 7.76. The first-order valence-electron chi connectivity index (χ1n) is 7.76. The van der Waals surface area contributed by atoms with Gasteiger partial charge < -0.3 is 9.72 Å². The summed E-state index contributed by atoms with van der Waals surface area (Å²) < 4.78 is 5.20. The minimum absolute atomic E-state index is 0.0393. The molecule has 1 aromatic carbocycles. The molecule has 3 rings (SSSR count). The molecular weight excluding hydrogens is 276 g/mol. The van der Waals surface area contributed by atoms with Gasteiger partial charge in [0.25, 0.3) is 0 Å². The molecule has 1 aromatic heterocycles. The normalized spacial score (nSPS) is 18.5. The number of nitrogens with one attached hydrogen (secondary N) is 1. The van der Waals surface area contributed by atoms with Gasteiger partial charge in [-0.1, -0.05) is 18.2 Å². The van der Waals surface area contributed by atoms with E-state index >= 15 is 0 Å². The molecule has 2 aromatic rings. The average Bonchev–Trinajstić information content (AvgIpc) is 2.97. The number of likely N-dealkylation sites (tertiary alicyclic amines) is 1. The predicted molar refractivity (Wildman–Crippen MR) is 87.1 cm³/mol. The van der Waals surface area contributed by atoms with E-state index in [1.54, 1.807) is 13.2 Å². The van der Waals surface area contributed by atoms with Crippen LogP contribution < -0.4 is 10.3 Å². The van der Waals surface area contributed by atoms with E-state index in [2.05, 4.69) is 22.0 Å². The molecule has 4 nitrogen and oxygen atoms in total. The number of ether oxygens (including phenoxy) is 1. The lowest BCUT2D eigenvalue weighted by Gasteiger charge is -2.16. The van der Waals surface area contributed by atoms with Gasteiger partial charge in [-0.05, 0) is 48.6 Å². The van der Waals surface area contributed by atoms with E-state index in [9.17, 15) is 4.79 Å². The van der Waals surface area contributed by atoms with Crippen molar-refractivity contribution in [1.82, 2.24) is 9.88 Å². The Labute approximate surface area is 130 Å². The molecule has 2 heterocycles. The number of pyridine rings is 1. The van der Waals surface area contributed by atoms with Crippen LogP contribution in [0.25, 0.3) is 0 Å². The van der Waals surface area contributed by atoms with Gasteiger partial charge in [0.15, 0.2) is 0 Å². The van der Waals surface area contributed by atoms with Gasteiger partial charge in [-0.3, -0.25) is 9.69 Å². The number of rotatable bonds is 5. The lowest BCUT2D eigenvalue weighted by Crippen LogP contribution is -2.21. The van der Waals surface area contributed by atoms with E-state index in [4.69, 9.17) is 4.74 Å². The van der Waals surface area contributed by atoms with Crippen LogP contribution >= 0.6 is 0 Å². The smallest absolute Gasteiger partial charge is 0.247 e. The Morgan fingerprint density at radius 1 is 1.18 bits per heavy atom. The quantitative estimate of drug-likeness (QED) is 0.922. The first-order chi connectivity index (χ1) is 10.7. The van der Waals surface area contributed by atoms with Crippen molar-refractivity contribution >= 4 is 0 Å². The first kappa shape index (κ1) is 14.9. The number of hydrogen-bond acceptors (Lipinski definition) is 3. The molecule has 0 saturated carbocycles. The molecular formula is C18H22N2O2. The van der Waals surface area contributed by atoms with Crippen molar-refractivity contribution in [3.63, 3.8) is 0 Å². The maximum absolute atomic E-state index is 11.1. The summed E-state index contributed by atoms with van der Waals surface area (Å²) in [7, 11) is 1.70. The van der Waals surface area contributed by atoms with Gasteiger partial charge in [-0.25, -0.2) is 0 Å². The molecule has 0 spiro atoms. The van der Waals surface area contributed by atoms with Crippen molar-refractivity contribution < 1.29 is 4.74 Å². The van der Waals surface area contributed by atoms with Gasteiger partial charge in [0.1, 0.15) is 5.75 Å². The van der Waals surface area contributed by atoms with Crippen LogP contribution in [0.3, 0.4) is 0 Å². The fourth-order valence-electron chi connectivity index (χ4n) is 3.12. The molecule has 1 aliphatic rings. The van der Waals surface area contributed by atoms with E-state index in [1.807, 2.05) is 24.4 Å². The number of H-pyrrole nitrogens is 1. The Bertz CT molecular complexity index is 643. The topological polar surface area (TPSA) is 45.3 Å². The third-order valence-corrected chi connectivity index (χ3v) is 4.31. The summed E-state index contributed by atoms with van der Waals surface area (Å²) in [5.41, 5.74) is 2.50. The Kier molecular flexibility index (Phi) is 4.59. The van der Waals surface area contributed by atoms with Gasteiger partial charge in [0.05, 0.1) is 7.11 Å². The number of nitrogens with zero attached hydrogens (tertiary/aromatic N) is 1.